The number of aromatic amines is 1. The van der Waals surface area contributed by atoms with Crippen molar-refractivity contribution in [2.45, 2.75) is 26.3 Å². The summed E-state index contributed by atoms with van der Waals surface area (Å²) in [5.74, 6) is -1.40. The fourth-order valence-corrected chi connectivity index (χ4v) is 2.78. The molecule has 2 rings (SSSR count). The van der Waals surface area contributed by atoms with E-state index in [0.717, 1.165) is 5.56 Å². The van der Waals surface area contributed by atoms with Crippen LogP contribution in [0.2, 0.25) is 0 Å². The van der Waals surface area contributed by atoms with Crippen molar-refractivity contribution in [3.8, 4) is 11.3 Å². The fraction of sp³-hybridized carbons (Fsp3) is 0.312. The Morgan fingerprint density at radius 3 is 2.52 bits per heavy atom. The summed E-state index contributed by atoms with van der Waals surface area (Å²) >= 11 is 3.36. The van der Waals surface area contributed by atoms with Crippen LogP contribution in [0.1, 0.15) is 30.8 Å². The molecule has 0 saturated carbocycles. The number of halogens is 1. The molecule has 1 aromatic heterocycles. The molecule has 1 aromatic carbocycles. The number of nitrogens with one attached hydrogen (secondary N) is 2. The molecule has 23 heavy (non-hydrogen) atoms. The molecular formula is C16H18BrN3O3. The number of carbonyl (C=O) groups is 2. The van der Waals surface area contributed by atoms with Crippen LogP contribution in [0, 0.1) is 5.92 Å². The highest BCUT2D eigenvalue weighted by Crippen LogP contribution is 2.28. The van der Waals surface area contributed by atoms with E-state index in [1.165, 1.54) is 0 Å². The molecule has 122 valence electrons. The lowest BCUT2D eigenvalue weighted by atomic mass is 10.0. The standard InChI is InChI=1S/C16H18BrN3O3/c1-9(2)8-11(16(22)23)18-15(21)14-12(17)13(19-20-14)10-6-4-3-5-7-10/h3-7,9,11H,8H2,1-2H3,(H,18,21)(H,19,20)(H,22,23)/t11-/m1/s1. The summed E-state index contributed by atoms with van der Waals surface area (Å²) in [7, 11) is 0. The SMILES string of the molecule is CC(C)C[C@@H](NC(=O)c1[nH]nc(-c2ccccc2)c1Br)C(=O)O. The largest absolute Gasteiger partial charge is 0.480 e. The number of aromatic nitrogens is 2. The average Bonchev–Trinajstić information content (AvgIpc) is 2.88. The second-order valence-corrected chi connectivity index (χ2v) is 6.41. The van der Waals surface area contributed by atoms with Gasteiger partial charge in [0.2, 0.25) is 0 Å². The molecule has 3 N–H and O–H groups in total. The Morgan fingerprint density at radius 1 is 1.30 bits per heavy atom. The predicted octanol–water partition coefficient (Wildman–Crippen LogP) is 3.07. The molecule has 0 radical (unpaired) electrons. The molecule has 1 atom stereocenters. The molecule has 1 amide bonds. The van der Waals surface area contributed by atoms with Crippen molar-refractivity contribution < 1.29 is 14.7 Å². The quantitative estimate of drug-likeness (QED) is 0.718. The van der Waals surface area contributed by atoms with Crippen LogP contribution in [-0.2, 0) is 4.79 Å². The van der Waals surface area contributed by atoms with Crippen LogP contribution in [0.4, 0.5) is 0 Å². The minimum absolute atomic E-state index is 0.154. The van der Waals surface area contributed by atoms with Crippen molar-refractivity contribution >= 4 is 27.8 Å². The first kappa shape index (κ1) is 17.2. The van der Waals surface area contributed by atoms with Crippen LogP contribution in [0.3, 0.4) is 0 Å². The number of hydrogen-bond acceptors (Lipinski definition) is 3. The molecule has 0 aliphatic heterocycles. The number of carbonyl (C=O) groups excluding carboxylic acids is 1. The smallest absolute Gasteiger partial charge is 0.326 e. The maximum Gasteiger partial charge on any atom is 0.326 e. The number of hydrogen-bond donors (Lipinski definition) is 3. The topological polar surface area (TPSA) is 95.1 Å². The van der Waals surface area contributed by atoms with Gasteiger partial charge in [0.25, 0.3) is 5.91 Å². The summed E-state index contributed by atoms with van der Waals surface area (Å²) < 4.78 is 0.509. The molecule has 0 fully saturated rings. The molecule has 0 bridgehead atoms. The van der Waals surface area contributed by atoms with Gasteiger partial charge in [-0.3, -0.25) is 9.89 Å². The molecule has 0 aliphatic carbocycles. The van der Waals surface area contributed by atoms with E-state index in [1.807, 2.05) is 44.2 Å². The van der Waals surface area contributed by atoms with Crippen LogP contribution in [0.25, 0.3) is 11.3 Å². The van der Waals surface area contributed by atoms with Crippen molar-refractivity contribution in [1.29, 1.82) is 0 Å². The Hall–Kier alpha value is -2.15. The highest BCUT2D eigenvalue weighted by atomic mass is 79.9. The van der Waals surface area contributed by atoms with Crippen molar-refractivity contribution in [3.05, 3.63) is 40.5 Å². The van der Waals surface area contributed by atoms with E-state index in [1.54, 1.807) is 0 Å². The normalized spacial score (nSPS) is 12.2. The number of H-pyrrole nitrogens is 1. The number of benzene rings is 1. The van der Waals surface area contributed by atoms with Gasteiger partial charge in [-0.25, -0.2) is 4.79 Å². The molecule has 0 spiro atoms. The van der Waals surface area contributed by atoms with Gasteiger partial charge in [-0.1, -0.05) is 44.2 Å². The van der Waals surface area contributed by atoms with E-state index in [4.69, 9.17) is 0 Å². The first-order valence-corrected chi connectivity index (χ1v) is 8.02. The van der Waals surface area contributed by atoms with E-state index in [2.05, 4.69) is 31.4 Å². The van der Waals surface area contributed by atoms with Gasteiger partial charge in [-0.05, 0) is 28.3 Å². The minimum Gasteiger partial charge on any atom is -0.480 e. The average molecular weight is 380 g/mol. The molecule has 2 aromatic rings. The number of carboxylic acid groups (broad SMARTS) is 1. The van der Waals surface area contributed by atoms with Crippen molar-refractivity contribution in [2.24, 2.45) is 5.92 Å². The van der Waals surface area contributed by atoms with E-state index >= 15 is 0 Å². The molecule has 7 heteroatoms. The van der Waals surface area contributed by atoms with Gasteiger partial charge in [0.15, 0.2) is 0 Å². The molecular weight excluding hydrogens is 362 g/mol. The van der Waals surface area contributed by atoms with Crippen LogP contribution in [0.5, 0.6) is 0 Å². The van der Waals surface area contributed by atoms with E-state index in [-0.39, 0.29) is 11.6 Å². The van der Waals surface area contributed by atoms with Gasteiger partial charge in [-0.2, -0.15) is 5.10 Å². The fourth-order valence-electron chi connectivity index (χ4n) is 2.19. The lowest BCUT2D eigenvalue weighted by molar-refractivity contribution is -0.139. The Morgan fingerprint density at radius 2 is 1.96 bits per heavy atom. The van der Waals surface area contributed by atoms with Crippen LogP contribution in [0.15, 0.2) is 34.8 Å². The number of amides is 1. The van der Waals surface area contributed by atoms with Crippen molar-refractivity contribution in [3.63, 3.8) is 0 Å². The van der Waals surface area contributed by atoms with Gasteiger partial charge in [0.05, 0.1) is 4.47 Å². The Kier molecular flexibility index (Phi) is 5.54. The summed E-state index contributed by atoms with van der Waals surface area (Å²) in [4.78, 5) is 23.6. The third kappa shape index (κ3) is 4.19. The summed E-state index contributed by atoms with van der Waals surface area (Å²) in [6.07, 6.45) is 0.359. The summed E-state index contributed by atoms with van der Waals surface area (Å²) in [5.41, 5.74) is 1.66. The summed E-state index contributed by atoms with van der Waals surface area (Å²) in [6.45, 7) is 3.81. The van der Waals surface area contributed by atoms with E-state index in [9.17, 15) is 14.7 Å². The predicted molar refractivity (Wildman–Crippen MR) is 90.1 cm³/mol. The monoisotopic (exact) mass is 379 g/mol. The van der Waals surface area contributed by atoms with E-state index in [0.29, 0.717) is 16.6 Å². The van der Waals surface area contributed by atoms with Crippen LogP contribution < -0.4 is 5.32 Å². The third-order valence-electron chi connectivity index (χ3n) is 3.29. The molecule has 6 nitrogen and oxygen atoms in total. The van der Waals surface area contributed by atoms with E-state index < -0.39 is 17.9 Å². The zero-order chi connectivity index (χ0) is 17.0. The molecule has 0 saturated heterocycles. The second kappa shape index (κ2) is 7.41. The van der Waals surface area contributed by atoms with Gasteiger partial charge >= 0.3 is 5.97 Å². The first-order chi connectivity index (χ1) is 10.9. The number of aliphatic carboxylic acids is 1. The molecule has 0 aliphatic rings. The third-order valence-corrected chi connectivity index (χ3v) is 4.06. The number of rotatable bonds is 6. The number of carboxylic acids is 1. The van der Waals surface area contributed by atoms with Crippen LogP contribution >= 0.6 is 15.9 Å². The maximum atomic E-state index is 12.3. The number of nitrogens with zero attached hydrogens (tertiary/aromatic N) is 1. The lowest BCUT2D eigenvalue weighted by Crippen LogP contribution is -2.41. The van der Waals surface area contributed by atoms with Crippen molar-refractivity contribution in [1.82, 2.24) is 15.5 Å². The summed E-state index contributed by atoms with van der Waals surface area (Å²) in [6, 6.07) is 8.46. The first-order valence-electron chi connectivity index (χ1n) is 7.23. The Bertz CT molecular complexity index is 698. The highest BCUT2D eigenvalue weighted by Gasteiger charge is 2.25. The zero-order valence-corrected chi connectivity index (χ0v) is 14.4. The molecule has 1 heterocycles. The van der Waals surface area contributed by atoms with Gasteiger partial charge in [0, 0.05) is 5.56 Å². The lowest BCUT2D eigenvalue weighted by Gasteiger charge is -2.15. The molecule has 0 unspecified atom stereocenters. The van der Waals surface area contributed by atoms with Crippen LogP contribution in [-0.4, -0.2) is 33.2 Å². The Balaban J connectivity index is 2.20. The Labute approximate surface area is 142 Å². The summed E-state index contributed by atoms with van der Waals surface area (Å²) in [5, 5.41) is 18.6. The second-order valence-electron chi connectivity index (χ2n) is 5.62. The van der Waals surface area contributed by atoms with Crippen molar-refractivity contribution in [2.75, 3.05) is 0 Å². The minimum atomic E-state index is -1.05. The maximum absolute atomic E-state index is 12.3. The van der Waals surface area contributed by atoms with Gasteiger partial charge < -0.3 is 10.4 Å². The zero-order valence-electron chi connectivity index (χ0n) is 12.8. The highest BCUT2D eigenvalue weighted by molar-refractivity contribution is 9.10. The van der Waals surface area contributed by atoms with Gasteiger partial charge in [-0.15, -0.1) is 0 Å². The van der Waals surface area contributed by atoms with Gasteiger partial charge in [0.1, 0.15) is 17.4 Å².